The highest BCUT2D eigenvalue weighted by Gasteiger charge is 2.27. The van der Waals surface area contributed by atoms with Gasteiger partial charge in [-0.3, -0.25) is 4.79 Å². The molecule has 1 fully saturated rings. The first-order valence-electron chi connectivity index (χ1n) is 9.02. The standard InChI is InChI=1S/C20H22N2O6S/c1-14-7-8-15(29(25,26)22-9-11-28-12-10-22)13-17(14)19(23)21-18-6-4-3-5-16(18)20(24)27-2/h3-8,13H,9-12H2,1-2H3,(H,21,23). The lowest BCUT2D eigenvalue weighted by atomic mass is 10.1. The van der Waals surface area contributed by atoms with E-state index in [-0.39, 0.29) is 34.8 Å². The van der Waals surface area contributed by atoms with Crippen LogP contribution in [-0.4, -0.2) is 58.0 Å². The van der Waals surface area contributed by atoms with Gasteiger partial charge in [-0.25, -0.2) is 13.2 Å². The highest BCUT2D eigenvalue weighted by molar-refractivity contribution is 7.89. The molecule has 2 aromatic rings. The summed E-state index contributed by atoms with van der Waals surface area (Å²) in [6.07, 6.45) is 0. The van der Waals surface area contributed by atoms with E-state index >= 15 is 0 Å². The minimum atomic E-state index is -3.73. The zero-order valence-electron chi connectivity index (χ0n) is 16.2. The summed E-state index contributed by atoms with van der Waals surface area (Å²) in [7, 11) is -2.48. The van der Waals surface area contributed by atoms with E-state index in [9.17, 15) is 18.0 Å². The highest BCUT2D eigenvalue weighted by Crippen LogP contribution is 2.23. The Bertz CT molecular complexity index is 1030. The van der Waals surface area contributed by atoms with Gasteiger partial charge in [-0.2, -0.15) is 4.31 Å². The van der Waals surface area contributed by atoms with Crippen LogP contribution < -0.4 is 5.32 Å². The van der Waals surface area contributed by atoms with E-state index in [0.29, 0.717) is 18.8 Å². The molecule has 1 heterocycles. The van der Waals surface area contributed by atoms with Crippen molar-refractivity contribution in [2.45, 2.75) is 11.8 Å². The lowest BCUT2D eigenvalue weighted by Gasteiger charge is -2.26. The van der Waals surface area contributed by atoms with Crippen LogP contribution in [0.3, 0.4) is 0 Å². The molecular weight excluding hydrogens is 396 g/mol. The summed E-state index contributed by atoms with van der Waals surface area (Å²) in [6.45, 7) is 2.92. The smallest absolute Gasteiger partial charge is 0.339 e. The molecule has 154 valence electrons. The van der Waals surface area contributed by atoms with Crippen LogP contribution in [0.1, 0.15) is 26.3 Å². The zero-order valence-corrected chi connectivity index (χ0v) is 17.0. The van der Waals surface area contributed by atoms with Crippen molar-refractivity contribution in [3.05, 3.63) is 59.2 Å². The van der Waals surface area contributed by atoms with Crippen molar-refractivity contribution in [1.29, 1.82) is 0 Å². The third-order valence-corrected chi connectivity index (χ3v) is 6.54. The molecule has 0 aromatic heterocycles. The number of carbonyl (C=O) groups is 2. The van der Waals surface area contributed by atoms with Crippen molar-refractivity contribution in [2.75, 3.05) is 38.7 Å². The Morgan fingerprint density at radius 3 is 2.45 bits per heavy atom. The number of para-hydroxylation sites is 1. The number of amides is 1. The molecule has 1 saturated heterocycles. The first-order valence-corrected chi connectivity index (χ1v) is 10.5. The van der Waals surface area contributed by atoms with Crippen LogP contribution in [0.5, 0.6) is 0 Å². The Balaban J connectivity index is 1.91. The Morgan fingerprint density at radius 2 is 1.76 bits per heavy atom. The minimum absolute atomic E-state index is 0.0383. The van der Waals surface area contributed by atoms with Crippen molar-refractivity contribution in [1.82, 2.24) is 4.31 Å². The monoisotopic (exact) mass is 418 g/mol. The zero-order chi connectivity index (χ0) is 21.0. The van der Waals surface area contributed by atoms with Crippen molar-refractivity contribution in [3.63, 3.8) is 0 Å². The molecule has 0 radical (unpaired) electrons. The van der Waals surface area contributed by atoms with E-state index in [4.69, 9.17) is 9.47 Å². The molecule has 0 atom stereocenters. The second-order valence-electron chi connectivity index (χ2n) is 6.48. The second kappa shape index (κ2) is 8.73. The number of anilines is 1. The van der Waals surface area contributed by atoms with Gasteiger partial charge < -0.3 is 14.8 Å². The molecule has 29 heavy (non-hydrogen) atoms. The van der Waals surface area contributed by atoms with Gasteiger partial charge in [0.25, 0.3) is 5.91 Å². The molecule has 1 aliphatic heterocycles. The van der Waals surface area contributed by atoms with Gasteiger partial charge in [0.15, 0.2) is 0 Å². The molecule has 1 aliphatic rings. The Hall–Kier alpha value is -2.75. The van der Waals surface area contributed by atoms with Crippen LogP contribution in [0.2, 0.25) is 0 Å². The van der Waals surface area contributed by atoms with Gasteiger partial charge in [0.2, 0.25) is 10.0 Å². The van der Waals surface area contributed by atoms with Crippen molar-refractivity contribution < 1.29 is 27.5 Å². The second-order valence-corrected chi connectivity index (χ2v) is 8.42. The predicted octanol–water partition coefficient (Wildman–Crippen LogP) is 2.05. The summed E-state index contributed by atoms with van der Waals surface area (Å²) in [4.78, 5) is 24.8. The predicted molar refractivity (Wildman–Crippen MR) is 106 cm³/mol. The molecule has 1 N–H and O–H groups in total. The van der Waals surface area contributed by atoms with E-state index in [1.165, 1.54) is 29.6 Å². The third kappa shape index (κ3) is 4.47. The van der Waals surface area contributed by atoms with Crippen LogP contribution in [0, 0.1) is 6.92 Å². The highest BCUT2D eigenvalue weighted by atomic mass is 32.2. The SMILES string of the molecule is COC(=O)c1ccccc1NC(=O)c1cc(S(=O)(=O)N2CCOCC2)ccc1C. The number of esters is 1. The first kappa shape index (κ1) is 21.0. The topological polar surface area (TPSA) is 102 Å². The fourth-order valence-corrected chi connectivity index (χ4v) is 4.45. The number of morpholine rings is 1. The van der Waals surface area contributed by atoms with Gasteiger partial charge in [-0.05, 0) is 36.8 Å². The maximum atomic E-state index is 12.9. The number of hydrogen-bond donors (Lipinski definition) is 1. The number of aryl methyl sites for hydroxylation is 1. The molecule has 1 amide bonds. The lowest BCUT2D eigenvalue weighted by molar-refractivity contribution is 0.0602. The molecule has 0 saturated carbocycles. The number of carbonyl (C=O) groups excluding carboxylic acids is 2. The van der Waals surface area contributed by atoms with E-state index in [0.717, 1.165) is 0 Å². The van der Waals surface area contributed by atoms with Crippen molar-refractivity contribution in [2.24, 2.45) is 0 Å². The molecule has 0 unspecified atom stereocenters. The van der Waals surface area contributed by atoms with Crippen LogP contribution in [0.25, 0.3) is 0 Å². The number of rotatable bonds is 5. The number of nitrogens with zero attached hydrogens (tertiary/aromatic N) is 1. The number of ether oxygens (including phenoxy) is 2. The van der Waals surface area contributed by atoms with E-state index < -0.39 is 21.9 Å². The molecule has 2 aromatic carbocycles. The number of nitrogens with one attached hydrogen (secondary N) is 1. The largest absolute Gasteiger partial charge is 0.465 e. The van der Waals surface area contributed by atoms with E-state index in [2.05, 4.69) is 5.32 Å². The van der Waals surface area contributed by atoms with Gasteiger partial charge in [0.1, 0.15) is 0 Å². The summed E-state index contributed by atoms with van der Waals surface area (Å²) in [5, 5.41) is 2.67. The van der Waals surface area contributed by atoms with Gasteiger partial charge in [0, 0.05) is 18.7 Å². The number of benzene rings is 2. The number of methoxy groups -OCH3 is 1. The summed E-state index contributed by atoms with van der Waals surface area (Å²) < 4.78 is 37.1. The maximum absolute atomic E-state index is 12.9. The number of hydrogen-bond acceptors (Lipinski definition) is 6. The summed E-state index contributed by atoms with van der Waals surface area (Å²) >= 11 is 0. The molecule has 0 aliphatic carbocycles. The summed E-state index contributed by atoms with van der Waals surface area (Å²) in [5.74, 6) is -1.10. The van der Waals surface area contributed by atoms with Crippen LogP contribution in [-0.2, 0) is 19.5 Å². The number of sulfonamides is 1. The van der Waals surface area contributed by atoms with Gasteiger partial charge in [-0.1, -0.05) is 18.2 Å². The van der Waals surface area contributed by atoms with Gasteiger partial charge in [-0.15, -0.1) is 0 Å². The normalized spacial score (nSPS) is 15.0. The Kier molecular flexibility index (Phi) is 6.31. The average molecular weight is 418 g/mol. The molecule has 0 spiro atoms. The van der Waals surface area contributed by atoms with Crippen molar-refractivity contribution in [3.8, 4) is 0 Å². The molecule has 0 bridgehead atoms. The minimum Gasteiger partial charge on any atom is -0.465 e. The molecule has 3 rings (SSSR count). The molecule has 8 nitrogen and oxygen atoms in total. The average Bonchev–Trinajstić information content (AvgIpc) is 2.74. The lowest BCUT2D eigenvalue weighted by Crippen LogP contribution is -2.40. The summed E-state index contributed by atoms with van der Waals surface area (Å²) in [5.41, 5.74) is 1.31. The van der Waals surface area contributed by atoms with Crippen LogP contribution in [0.15, 0.2) is 47.4 Å². The van der Waals surface area contributed by atoms with Gasteiger partial charge in [0.05, 0.1) is 36.5 Å². The summed E-state index contributed by atoms with van der Waals surface area (Å²) in [6, 6.07) is 10.9. The third-order valence-electron chi connectivity index (χ3n) is 4.64. The van der Waals surface area contributed by atoms with Crippen LogP contribution in [0.4, 0.5) is 5.69 Å². The molecule has 9 heteroatoms. The van der Waals surface area contributed by atoms with E-state index in [1.54, 1.807) is 31.2 Å². The van der Waals surface area contributed by atoms with E-state index in [1.807, 2.05) is 0 Å². The van der Waals surface area contributed by atoms with Crippen molar-refractivity contribution >= 4 is 27.6 Å². The first-order chi connectivity index (χ1) is 13.8. The maximum Gasteiger partial charge on any atom is 0.339 e. The Labute approximate surface area is 169 Å². The Morgan fingerprint density at radius 1 is 1.07 bits per heavy atom. The van der Waals surface area contributed by atoms with Crippen LogP contribution >= 0.6 is 0 Å². The fourth-order valence-electron chi connectivity index (χ4n) is 3.01. The van der Waals surface area contributed by atoms with Gasteiger partial charge >= 0.3 is 5.97 Å². The fraction of sp³-hybridized carbons (Fsp3) is 0.300. The molecular formula is C20H22N2O6S. The quantitative estimate of drug-likeness (QED) is 0.746.